The first kappa shape index (κ1) is 22.3. The molecule has 1 heterocycles. The molecular weight excluding hydrogens is 390 g/mol. The average molecular weight is 422 g/mol. The molecule has 0 unspecified atom stereocenters. The van der Waals surface area contributed by atoms with Crippen molar-refractivity contribution in [2.24, 2.45) is 4.99 Å². The van der Waals surface area contributed by atoms with Crippen molar-refractivity contribution in [2.45, 2.75) is 32.7 Å². The Balaban J connectivity index is 1.42. The van der Waals surface area contributed by atoms with E-state index in [1.54, 1.807) is 12.1 Å². The van der Waals surface area contributed by atoms with Crippen LogP contribution in [0.3, 0.4) is 0 Å². The second kappa shape index (κ2) is 11.7. The third kappa shape index (κ3) is 6.84. The first-order valence-corrected chi connectivity index (χ1v) is 10.9. The predicted octanol–water partition coefficient (Wildman–Crippen LogP) is 2.69. The minimum atomic E-state index is -0.0553. The Labute approximate surface area is 183 Å². The number of benzene rings is 2. The largest absolute Gasteiger partial charge is 0.357 e. The summed E-state index contributed by atoms with van der Waals surface area (Å²) in [5, 5.41) is 9.47. The summed E-state index contributed by atoms with van der Waals surface area (Å²) >= 11 is 0. The summed E-state index contributed by atoms with van der Waals surface area (Å²) in [6.45, 7) is 5.45. The molecule has 1 saturated heterocycles. The summed E-state index contributed by atoms with van der Waals surface area (Å²) in [5.41, 5.74) is 2.71. The number of rotatable bonds is 9. The van der Waals surface area contributed by atoms with Crippen molar-refractivity contribution < 1.29 is 9.59 Å². The van der Waals surface area contributed by atoms with Gasteiger partial charge in [-0.15, -0.1) is 0 Å². The van der Waals surface area contributed by atoms with Crippen LogP contribution in [0.15, 0.2) is 59.6 Å². The van der Waals surface area contributed by atoms with E-state index in [1.165, 1.54) is 0 Å². The van der Waals surface area contributed by atoms with E-state index in [0.717, 1.165) is 43.1 Å². The molecular formula is C24H31N5O2. The van der Waals surface area contributed by atoms with Gasteiger partial charge in [-0.3, -0.25) is 9.59 Å². The second-order valence-corrected chi connectivity index (χ2v) is 7.41. The highest BCUT2D eigenvalue weighted by molar-refractivity contribution is 5.95. The summed E-state index contributed by atoms with van der Waals surface area (Å²) in [6, 6.07) is 17.2. The SMILES string of the molecule is CCNC(=NCc1ccc(N2CCCC2=O)cc1)NCCCNC(=O)c1ccccc1. The van der Waals surface area contributed by atoms with Gasteiger partial charge in [0.1, 0.15) is 0 Å². The molecule has 164 valence electrons. The zero-order valence-corrected chi connectivity index (χ0v) is 18.1. The van der Waals surface area contributed by atoms with Crippen LogP contribution in [0.5, 0.6) is 0 Å². The van der Waals surface area contributed by atoms with E-state index in [0.29, 0.717) is 31.6 Å². The van der Waals surface area contributed by atoms with E-state index < -0.39 is 0 Å². The molecule has 3 rings (SSSR count). The fraction of sp³-hybridized carbons (Fsp3) is 0.375. The summed E-state index contributed by atoms with van der Waals surface area (Å²) in [6.07, 6.45) is 2.36. The van der Waals surface area contributed by atoms with Gasteiger partial charge in [0.2, 0.25) is 5.91 Å². The van der Waals surface area contributed by atoms with E-state index in [2.05, 4.69) is 20.9 Å². The Morgan fingerprint density at radius 3 is 2.42 bits per heavy atom. The lowest BCUT2D eigenvalue weighted by Gasteiger charge is -2.16. The Morgan fingerprint density at radius 1 is 1.00 bits per heavy atom. The molecule has 0 aromatic heterocycles. The van der Waals surface area contributed by atoms with Crippen molar-refractivity contribution in [3.05, 3.63) is 65.7 Å². The molecule has 1 aliphatic heterocycles. The van der Waals surface area contributed by atoms with Crippen LogP contribution < -0.4 is 20.9 Å². The number of aliphatic imine (C=N–C) groups is 1. The van der Waals surface area contributed by atoms with Crippen molar-refractivity contribution in [3.63, 3.8) is 0 Å². The number of hydrogen-bond acceptors (Lipinski definition) is 3. The molecule has 1 fully saturated rings. The first-order valence-electron chi connectivity index (χ1n) is 10.9. The maximum Gasteiger partial charge on any atom is 0.251 e. The van der Waals surface area contributed by atoms with Crippen LogP contribution in [-0.2, 0) is 11.3 Å². The predicted molar refractivity (Wildman–Crippen MR) is 124 cm³/mol. The van der Waals surface area contributed by atoms with Gasteiger partial charge in [0.05, 0.1) is 6.54 Å². The number of nitrogens with zero attached hydrogens (tertiary/aromatic N) is 2. The van der Waals surface area contributed by atoms with Crippen molar-refractivity contribution in [2.75, 3.05) is 31.1 Å². The zero-order valence-electron chi connectivity index (χ0n) is 18.1. The Kier molecular flexibility index (Phi) is 8.46. The van der Waals surface area contributed by atoms with Gasteiger partial charge < -0.3 is 20.9 Å². The number of amides is 2. The van der Waals surface area contributed by atoms with Crippen LogP contribution in [0.4, 0.5) is 5.69 Å². The van der Waals surface area contributed by atoms with Crippen LogP contribution in [-0.4, -0.2) is 44.0 Å². The number of nitrogens with one attached hydrogen (secondary N) is 3. The van der Waals surface area contributed by atoms with E-state index in [4.69, 9.17) is 0 Å². The fourth-order valence-electron chi connectivity index (χ4n) is 3.40. The van der Waals surface area contributed by atoms with Crippen LogP contribution in [0.2, 0.25) is 0 Å². The van der Waals surface area contributed by atoms with Gasteiger partial charge in [-0.2, -0.15) is 0 Å². The lowest BCUT2D eigenvalue weighted by molar-refractivity contribution is -0.117. The third-order valence-corrected chi connectivity index (χ3v) is 5.05. The summed E-state index contributed by atoms with van der Waals surface area (Å²) < 4.78 is 0. The number of hydrogen-bond donors (Lipinski definition) is 3. The van der Waals surface area contributed by atoms with Crippen LogP contribution in [0.1, 0.15) is 42.1 Å². The Bertz CT molecular complexity index is 881. The standard InChI is InChI=1S/C24H31N5O2/c1-2-25-24(27-16-7-15-26-23(31)20-8-4-3-5-9-20)28-18-19-11-13-21(14-12-19)29-17-6-10-22(29)30/h3-5,8-9,11-14H,2,6-7,10,15-18H2,1H3,(H,26,31)(H2,25,27,28). The molecule has 3 N–H and O–H groups in total. The van der Waals surface area contributed by atoms with Gasteiger partial charge in [-0.25, -0.2) is 4.99 Å². The van der Waals surface area contributed by atoms with E-state index >= 15 is 0 Å². The van der Waals surface area contributed by atoms with Crippen LogP contribution in [0.25, 0.3) is 0 Å². The van der Waals surface area contributed by atoms with Crippen LogP contribution in [0, 0.1) is 0 Å². The van der Waals surface area contributed by atoms with Gasteiger partial charge in [0.15, 0.2) is 5.96 Å². The molecule has 0 aliphatic carbocycles. The fourth-order valence-corrected chi connectivity index (χ4v) is 3.40. The first-order chi connectivity index (χ1) is 15.2. The van der Waals surface area contributed by atoms with Gasteiger partial charge in [0.25, 0.3) is 5.91 Å². The van der Waals surface area contributed by atoms with Crippen molar-refractivity contribution >= 4 is 23.5 Å². The van der Waals surface area contributed by atoms with Gasteiger partial charge >= 0.3 is 0 Å². The molecule has 7 heteroatoms. The summed E-state index contributed by atoms with van der Waals surface area (Å²) in [7, 11) is 0. The molecule has 2 amide bonds. The van der Waals surface area contributed by atoms with Gasteiger partial charge in [0, 0.05) is 43.9 Å². The maximum atomic E-state index is 12.0. The molecule has 2 aromatic rings. The van der Waals surface area contributed by atoms with Crippen molar-refractivity contribution in [1.82, 2.24) is 16.0 Å². The lowest BCUT2D eigenvalue weighted by atomic mass is 10.2. The number of guanidine groups is 1. The van der Waals surface area contributed by atoms with E-state index in [1.807, 2.05) is 54.3 Å². The summed E-state index contributed by atoms with van der Waals surface area (Å²) in [4.78, 5) is 30.4. The number of carbonyl (C=O) groups excluding carboxylic acids is 2. The van der Waals surface area contributed by atoms with Gasteiger partial charge in [-0.1, -0.05) is 30.3 Å². The molecule has 31 heavy (non-hydrogen) atoms. The van der Waals surface area contributed by atoms with E-state index in [9.17, 15) is 9.59 Å². The lowest BCUT2D eigenvalue weighted by Crippen LogP contribution is -2.38. The highest BCUT2D eigenvalue weighted by Gasteiger charge is 2.21. The smallest absolute Gasteiger partial charge is 0.251 e. The monoisotopic (exact) mass is 421 g/mol. The summed E-state index contributed by atoms with van der Waals surface area (Å²) in [5.74, 6) is 0.889. The van der Waals surface area contributed by atoms with Gasteiger partial charge in [-0.05, 0) is 49.6 Å². The number of anilines is 1. The highest BCUT2D eigenvalue weighted by Crippen LogP contribution is 2.21. The minimum absolute atomic E-state index is 0.0553. The molecule has 7 nitrogen and oxygen atoms in total. The highest BCUT2D eigenvalue weighted by atomic mass is 16.2. The second-order valence-electron chi connectivity index (χ2n) is 7.41. The molecule has 2 aromatic carbocycles. The molecule has 1 aliphatic rings. The van der Waals surface area contributed by atoms with Crippen molar-refractivity contribution in [1.29, 1.82) is 0 Å². The average Bonchev–Trinajstić information content (AvgIpc) is 3.23. The minimum Gasteiger partial charge on any atom is -0.357 e. The van der Waals surface area contributed by atoms with E-state index in [-0.39, 0.29) is 11.8 Å². The molecule has 0 radical (unpaired) electrons. The molecule has 0 spiro atoms. The topological polar surface area (TPSA) is 85.8 Å². The molecule has 0 saturated carbocycles. The Morgan fingerprint density at radius 2 is 1.74 bits per heavy atom. The maximum absolute atomic E-state index is 12.0. The van der Waals surface area contributed by atoms with Crippen molar-refractivity contribution in [3.8, 4) is 0 Å². The Hall–Kier alpha value is -3.35. The normalized spacial score (nSPS) is 13.9. The zero-order chi connectivity index (χ0) is 21.9. The molecule has 0 atom stereocenters. The quantitative estimate of drug-likeness (QED) is 0.330. The third-order valence-electron chi connectivity index (χ3n) is 5.05. The van der Waals surface area contributed by atoms with Crippen LogP contribution >= 0.6 is 0 Å². The molecule has 0 bridgehead atoms. The number of carbonyl (C=O) groups is 2.